The van der Waals surface area contributed by atoms with Gasteiger partial charge in [-0.1, -0.05) is 35.0 Å². The van der Waals surface area contributed by atoms with E-state index in [0.717, 1.165) is 24.0 Å². The Hall–Kier alpha value is -0.870. The van der Waals surface area contributed by atoms with Crippen molar-refractivity contribution in [1.29, 1.82) is 0 Å². The third kappa shape index (κ3) is 3.00. The van der Waals surface area contributed by atoms with Crippen LogP contribution in [0.4, 0.5) is 0 Å². The molecule has 0 aliphatic carbocycles. The first-order chi connectivity index (χ1) is 8.97. The number of carboxylic acid groups (broad SMARTS) is 1. The highest BCUT2D eigenvalue weighted by molar-refractivity contribution is 9.10. The maximum Gasteiger partial charge on any atom is 0.310 e. The second kappa shape index (κ2) is 5.63. The number of hydrogen-bond donors (Lipinski definition) is 1. The summed E-state index contributed by atoms with van der Waals surface area (Å²) in [6, 6.07) is 6.32. The number of halogens is 1. The van der Waals surface area contributed by atoms with Crippen LogP contribution in [0, 0.1) is 12.3 Å². The Morgan fingerprint density at radius 2 is 2.26 bits per heavy atom. The lowest BCUT2D eigenvalue weighted by Crippen LogP contribution is -2.33. The normalized spacial score (nSPS) is 23.7. The molecule has 3 nitrogen and oxygen atoms in total. The number of nitrogens with zero attached hydrogens (tertiary/aromatic N) is 1. The molecule has 1 aromatic rings. The molecule has 1 saturated heterocycles. The van der Waals surface area contributed by atoms with Gasteiger partial charge in [0.05, 0.1) is 5.41 Å². The van der Waals surface area contributed by atoms with E-state index >= 15 is 0 Å². The summed E-state index contributed by atoms with van der Waals surface area (Å²) >= 11 is 3.50. The van der Waals surface area contributed by atoms with E-state index < -0.39 is 11.4 Å². The predicted octanol–water partition coefficient (Wildman–Crippen LogP) is 3.44. The molecule has 104 valence electrons. The number of aliphatic carboxylic acids is 1. The first-order valence-electron chi connectivity index (χ1n) is 6.67. The highest BCUT2D eigenvalue weighted by Gasteiger charge is 2.42. The molecule has 0 saturated carbocycles. The molecule has 1 aliphatic heterocycles. The number of carboxylic acids is 1. The van der Waals surface area contributed by atoms with Crippen molar-refractivity contribution in [1.82, 2.24) is 4.90 Å². The summed E-state index contributed by atoms with van der Waals surface area (Å²) in [5.41, 5.74) is 1.93. The Labute approximate surface area is 122 Å². The van der Waals surface area contributed by atoms with Crippen LogP contribution < -0.4 is 0 Å². The molecule has 1 fully saturated rings. The molecule has 1 atom stereocenters. The lowest BCUT2D eigenvalue weighted by molar-refractivity contribution is -0.148. The number of rotatable bonds is 4. The minimum Gasteiger partial charge on any atom is -0.481 e. The van der Waals surface area contributed by atoms with E-state index in [4.69, 9.17) is 0 Å². The summed E-state index contributed by atoms with van der Waals surface area (Å²) in [6.45, 7) is 6.42. The SMILES string of the molecule is CCC1(C(=O)O)CCN(Cc2ccc(Br)c(C)c2)C1. The van der Waals surface area contributed by atoms with Crippen LogP contribution in [0.25, 0.3) is 0 Å². The number of benzene rings is 1. The fourth-order valence-corrected chi connectivity index (χ4v) is 3.02. The van der Waals surface area contributed by atoms with Crippen molar-refractivity contribution in [2.24, 2.45) is 5.41 Å². The smallest absolute Gasteiger partial charge is 0.310 e. The third-order valence-corrected chi connectivity index (χ3v) is 5.08. The van der Waals surface area contributed by atoms with Crippen molar-refractivity contribution in [2.75, 3.05) is 13.1 Å². The van der Waals surface area contributed by atoms with Gasteiger partial charge in [-0.25, -0.2) is 0 Å². The first kappa shape index (κ1) is 14.5. The Balaban J connectivity index is 2.05. The monoisotopic (exact) mass is 325 g/mol. The lowest BCUT2D eigenvalue weighted by Gasteiger charge is -2.23. The second-order valence-corrected chi connectivity index (χ2v) is 6.34. The molecule has 0 aromatic heterocycles. The van der Waals surface area contributed by atoms with Crippen molar-refractivity contribution in [3.05, 3.63) is 33.8 Å². The van der Waals surface area contributed by atoms with E-state index in [0.29, 0.717) is 13.0 Å². The van der Waals surface area contributed by atoms with E-state index in [-0.39, 0.29) is 0 Å². The molecule has 0 radical (unpaired) electrons. The number of hydrogen-bond acceptors (Lipinski definition) is 2. The Bertz CT molecular complexity index is 489. The van der Waals surface area contributed by atoms with Crippen molar-refractivity contribution in [3.63, 3.8) is 0 Å². The van der Waals surface area contributed by atoms with Crippen molar-refractivity contribution in [2.45, 2.75) is 33.2 Å². The maximum absolute atomic E-state index is 11.4. The average molecular weight is 326 g/mol. The standard InChI is InChI=1S/C15H20BrNO2/c1-3-15(14(18)19)6-7-17(10-15)9-12-4-5-13(16)11(2)8-12/h4-5,8H,3,6-7,9-10H2,1-2H3,(H,18,19). The molecule has 1 aliphatic rings. The van der Waals surface area contributed by atoms with Crippen molar-refractivity contribution >= 4 is 21.9 Å². The van der Waals surface area contributed by atoms with Crippen LogP contribution in [-0.4, -0.2) is 29.1 Å². The zero-order valence-corrected chi connectivity index (χ0v) is 13.0. The van der Waals surface area contributed by atoms with Gasteiger partial charge in [-0.3, -0.25) is 9.69 Å². The third-order valence-electron chi connectivity index (χ3n) is 4.19. The summed E-state index contributed by atoms with van der Waals surface area (Å²) in [5.74, 6) is -0.649. The van der Waals surface area contributed by atoms with Gasteiger partial charge in [-0.2, -0.15) is 0 Å². The van der Waals surface area contributed by atoms with Gasteiger partial charge >= 0.3 is 5.97 Å². The molecule has 0 bridgehead atoms. The number of aryl methyl sites for hydroxylation is 1. The van der Waals surface area contributed by atoms with Crippen LogP contribution in [-0.2, 0) is 11.3 Å². The quantitative estimate of drug-likeness (QED) is 0.921. The summed E-state index contributed by atoms with van der Waals surface area (Å²) in [5, 5.41) is 9.40. The molecule has 2 rings (SSSR count). The summed E-state index contributed by atoms with van der Waals surface area (Å²) in [4.78, 5) is 13.7. The molecular formula is C15H20BrNO2. The number of carbonyl (C=O) groups is 1. The zero-order valence-electron chi connectivity index (χ0n) is 11.4. The zero-order chi connectivity index (χ0) is 14.0. The second-order valence-electron chi connectivity index (χ2n) is 5.48. The van der Waals surface area contributed by atoms with Crippen LogP contribution in [0.3, 0.4) is 0 Å². The maximum atomic E-state index is 11.4. The Morgan fingerprint density at radius 3 is 2.79 bits per heavy atom. The lowest BCUT2D eigenvalue weighted by atomic mass is 9.84. The highest BCUT2D eigenvalue weighted by Crippen LogP contribution is 2.35. The Kier molecular flexibility index (Phi) is 4.31. The van der Waals surface area contributed by atoms with Gasteiger partial charge in [-0.15, -0.1) is 0 Å². The molecule has 0 amide bonds. The van der Waals surface area contributed by atoms with E-state index in [9.17, 15) is 9.90 Å². The minimum atomic E-state index is -0.649. The van der Waals surface area contributed by atoms with E-state index in [1.165, 1.54) is 11.1 Å². The van der Waals surface area contributed by atoms with Gasteiger partial charge in [0.25, 0.3) is 0 Å². The van der Waals surface area contributed by atoms with Crippen molar-refractivity contribution in [3.8, 4) is 0 Å². The minimum absolute atomic E-state index is 0.537. The van der Waals surface area contributed by atoms with Gasteiger partial charge in [0.15, 0.2) is 0 Å². The first-order valence-corrected chi connectivity index (χ1v) is 7.47. The summed E-state index contributed by atoms with van der Waals surface area (Å²) < 4.78 is 1.12. The molecule has 4 heteroatoms. The summed E-state index contributed by atoms with van der Waals surface area (Å²) in [6.07, 6.45) is 1.46. The molecule has 0 spiro atoms. The van der Waals surface area contributed by atoms with E-state index in [1.807, 2.05) is 6.92 Å². The highest BCUT2D eigenvalue weighted by atomic mass is 79.9. The molecule has 19 heavy (non-hydrogen) atoms. The number of likely N-dealkylation sites (tertiary alicyclic amines) is 1. The van der Waals surface area contributed by atoms with Gasteiger partial charge in [0.1, 0.15) is 0 Å². The molecule has 1 heterocycles. The van der Waals surface area contributed by atoms with Crippen molar-refractivity contribution < 1.29 is 9.90 Å². The largest absolute Gasteiger partial charge is 0.481 e. The molecule has 1 aromatic carbocycles. The van der Waals surface area contributed by atoms with E-state index in [1.54, 1.807) is 0 Å². The fourth-order valence-electron chi connectivity index (χ4n) is 2.77. The van der Waals surface area contributed by atoms with Gasteiger partial charge in [-0.05, 0) is 43.5 Å². The van der Waals surface area contributed by atoms with Crippen LogP contribution in [0.5, 0.6) is 0 Å². The predicted molar refractivity (Wildman–Crippen MR) is 79.1 cm³/mol. The van der Waals surface area contributed by atoms with Crippen LogP contribution >= 0.6 is 15.9 Å². The Morgan fingerprint density at radius 1 is 1.53 bits per heavy atom. The fraction of sp³-hybridized carbons (Fsp3) is 0.533. The van der Waals surface area contributed by atoms with E-state index in [2.05, 4.69) is 46.0 Å². The molecular weight excluding hydrogens is 306 g/mol. The van der Waals surface area contributed by atoms with Gasteiger partial charge in [0, 0.05) is 17.6 Å². The summed E-state index contributed by atoms with van der Waals surface area (Å²) in [7, 11) is 0. The van der Waals surface area contributed by atoms with Crippen LogP contribution in [0.2, 0.25) is 0 Å². The van der Waals surface area contributed by atoms with Gasteiger partial charge in [0.2, 0.25) is 0 Å². The average Bonchev–Trinajstić information content (AvgIpc) is 2.79. The molecule has 1 unspecified atom stereocenters. The van der Waals surface area contributed by atoms with Gasteiger partial charge < -0.3 is 5.11 Å². The van der Waals surface area contributed by atoms with Crippen LogP contribution in [0.1, 0.15) is 30.9 Å². The van der Waals surface area contributed by atoms with Crippen LogP contribution in [0.15, 0.2) is 22.7 Å². The molecule has 1 N–H and O–H groups in total. The topological polar surface area (TPSA) is 40.5 Å².